The Labute approximate surface area is 130 Å². The van der Waals surface area contributed by atoms with E-state index in [1.807, 2.05) is 0 Å². The number of hydrogen-bond acceptors (Lipinski definition) is 4. The van der Waals surface area contributed by atoms with Crippen LogP contribution in [0.25, 0.3) is 22.3 Å². The maximum absolute atomic E-state index is 12.1. The molecule has 3 rings (SSSR count). The molecule has 0 saturated heterocycles. The Morgan fingerprint density at radius 1 is 1.18 bits per heavy atom. The summed E-state index contributed by atoms with van der Waals surface area (Å²) in [4.78, 5) is 30.7. The van der Waals surface area contributed by atoms with Gasteiger partial charge in [-0.1, -0.05) is 29.8 Å². The molecule has 0 bridgehead atoms. The standard InChI is InChI=1S/C16H11ClN2O3/c1-22-16(21)10-7-5-9(6-8-10)14-18-13-11(15(20)19-14)3-2-4-12(13)17/h2-8H,1H3,(H,18,19,20). The van der Waals surface area contributed by atoms with E-state index in [9.17, 15) is 9.59 Å². The topological polar surface area (TPSA) is 72.0 Å². The van der Waals surface area contributed by atoms with Gasteiger partial charge >= 0.3 is 5.97 Å². The monoisotopic (exact) mass is 314 g/mol. The summed E-state index contributed by atoms with van der Waals surface area (Å²) in [5.74, 6) is -0.0309. The Morgan fingerprint density at radius 3 is 2.59 bits per heavy atom. The van der Waals surface area contributed by atoms with Crippen LogP contribution in [-0.4, -0.2) is 23.0 Å². The lowest BCUT2D eigenvalue weighted by Crippen LogP contribution is -2.09. The van der Waals surface area contributed by atoms with Gasteiger partial charge in [0.05, 0.1) is 28.6 Å². The predicted molar refractivity (Wildman–Crippen MR) is 84.1 cm³/mol. The lowest BCUT2D eigenvalue weighted by Gasteiger charge is -2.05. The van der Waals surface area contributed by atoms with Gasteiger partial charge in [0.15, 0.2) is 0 Å². The summed E-state index contributed by atoms with van der Waals surface area (Å²) in [6.07, 6.45) is 0. The van der Waals surface area contributed by atoms with Crippen molar-refractivity contribution in [3.63, 3.8) is 0 Å². The molecule has 110 valence electrons. The van der Waals surface area contributed by atoms with Crippen molar-refractivity contribution in [2.75, 3.05) is 7.11 Å². The van der Waals surface area contributed by atoms with Gasteiger partial charge in [-0.3, -0.25) is 4.79 Å². The Hall–Kier alpha value is -2.66. The number of aromatic amines is 1. The second kappa shape index (κ2) is 5.61. The van der Waals surface area contributed by atoms with E-state index in [1.54, 1.807) is 42.5 Å². The highest BCUT2D eigenvalue weighted by atomic mass is 35.5. The number of esters is 1. The number of halogens is 1. The molecule has 1 heterocycles. The van der Waals surface area contributed by atoms with Crippen LogP contribution in [0.3, 0.4) is 0 Å². The molecule has 0 aliphatic heterocycles. The first-order valence-corrected chi connectivity index (χ1v) is 6.85. The van der Waals surface area contributed by atoms with Gasteiger partial charge in [0.1, 0.15) is 5.82 Å². The van der Waals surface area contributed by atoms with Crippen LogP contribution < -0.4 is 5.56 Å². The number of hydrogen-bond donors (Lipinski definition) is 1. The van der Waals surface area contributed by atoms with E-state index in [4.69, 9.17) is 11.6 Å². The van der Waals surface area contributed by atoms with E-state index in [2.05, 4.69) is 14.7 Å². The highest BCUT2D eigenvalue weighted by Crippen LogP contribution is 2.22. The fraction of sp³-hybridized carbons (Fsp3) is 0.0625. The molecule has 1 N–H and O–H groups in total. The zero-order valence-electron chi connectivity index (χ0n) is 11.6. The summed E-state index contributed by atoms with van der Waals surface area (Å²) in [5, 5.41) is 0.846. The third-order valence-corrected chi connectivity index (χ3v) is 3.57. The number of nitrogens with one attached hydrogen (secondary N) is 1. The van der Waals surface area contributed by atoms with Gasteiger partial charge in [-0.15, -0.1) is 0 Å². The average Bonchev–Trinajstić information content (AvgIpc) is 2.55. The summed E-state index contributed by atoms with van der Waals surface area (Å²) in [7, 11) is 1.32. The first-order chi connectivity index (χ1) is 10.6. The van der Waals surface area contributed by atoms with Crippen molar-refractivity contribution in [2.24, 2.45) is 0 Å². The lowest BCUT2D eigenvalue weighted by atomic mass is 10.1. The fourth-order valence-electron chi connectivity index (χ4n) is 2.15. The number of rotatable bonds is 2. The molecule has 0 saturated carbocycles. The minimum atomic E-state index is -0.422. The Morgan fingerprint density at radius 2 is 1.91 bits per heavy atom. The molecule has 0 spiro atoms. The number of carbonyl (C=O) groups excluding carboxylic acids is 1. The van der Waals surface area contributed by atoms with Gasteiger partial charge in [-0.25, -0.2) is 9.78 Å². The number of H-pyrrole nitrogens is 1. The smallest absolute Gasteiger partial charge is 0.337 e. The average molecular weight is 315 g/mol. The molecule has 0 unspecified atom stereocenters. The predicted octanol–water partition coefficient (Wildman–Crippen LogP) is 3.03. The molecule has 0 radical (unpaired) electrons. The van der Waals surface area contributed by atoms with Crippen molar-refractivity contribution in [1.29, 1.82) is 0 Å². The highest BCUT2D eigenvalue weighted by Gasteiger charge is 2.10. The number of fused-ring (bicyclic) bond motifs is 1. The van der Waals surface area contributed by atoms with Crippen LogP contribution in [0.5, 0.6) is 0 Å². The quantitative estimate of drug-likeness (QED) is 0.738. The van der Waals surface area contributed by atoms with Gasteiger partial charge in [0.2, 0.25) is 0 Å². The fourth-order valence-corrected chi connectivity index (χ4v) is 2.36. The normalized spacial score (nSPS) is 10.6. The third-order valence-electron chi connectivity index (χ3n) is 3.27. The highest BCUT2D eigenvalue weighted by molar-refractivity contribution is 6.35. The Kier molecular flexibility index (Phi) is 3.65. The number of nitrogens with zero attached hydrogens (tertiary/aromatic N) is 1. The summed E-state index contributed by atoms with van der Waals surface area (Å²) in [6.45, 7) is 0. The molecular weight excluding hydrogens is 304 g/mol. The maximum Gasteiger partial charge on any atom is 0.337 e. The van der Waals surface area contributed by atoms with Crippen molar-refractivity contribution in [2.45, 2.75) is 0 Å². The third kappa shape index (κ3) is 2.46. The van der Waals surface area contributed by atoms with Crippen molar-refractivity contribution >= 4 is 28.5 Å². The largest absolute Gasteiger partial charge is 0.465 e. The second-order valence-electron chi connectivity index (χ2n) is 4.62. The zero-order valence-corrected chi connectivity index (χ0v) is 12.3. The van der Waals surface area contributed by atoms with Crippen molar-refractivity contribution in [1.82, 2.24) is 9.97 Å². The van der Waals surface area contributed by atoms with Crippen LogP contribution in [-0.2, 0) is 4.74 Å². The molecule has 3 aromatic rings. The lowest BCUT2D eigenvalue weighted by molar-refractivity contribution is 0.0601. The van der Waals surface area contributed by atoms with Crippen LogP contribution in [0, 0.1) is 0 Å². The first kappa shape index (κ1) is 14.3. The van der Waals surface area contributed by atoms with E-state index >= 15 is 0 Å². The van der Waals surface area contributed by atoms with Crippen LogP contribution in [0.15, 0.2) is 47.3 Å². The number of para-hydroxylation sites is 1. The molecule has 2 aromatic carbocycles. The van der Waals surface area contributed by atoms with E-state index < -0.39 is 5.97 Å². The Balaban J connectivity index is 2.12. The van der Waals surface area contributed by atoms with Crippen LogP contribution in [0.2, 0.25) is 5.02 Å². The molecule has 6 heteroatoms. The molecule has 22 heavy (non-hydrogen) atoms. The van der Waals surface area contributed by atoms with E-state index in [-0.39, 0.29) is 5.56 Å². The minimum Gasteiger partial charge on any atom is -0.465 e. The van der Waals surface area contributed by atoms with E-state index in [0.29, 0.717) is 32.9 Å². The molecule has 0 fully saturated rings. The van der Waals surface area contributed by atoms with Crippen molar-refractivity contribution < 1.29 is 9.53 Å². The van der Waals surface area contributed by atoms with Crippen LogP contribution >= 0.6 is 11.6 Å². The zero-order chi connectivity index (χ0) is 15.7. The molecule has 0 amide bonds. The maximum atomic E-state index is 12.1. The molecule has 0 aliphatic rings. The van der Waals surface area contributed by atoms with E-state index in [1.165, 1.54) is 7.11 Å². The summed E-state index contributed by atoms with van der Waals surface area (Å²) in [5.41, 5.74) is 1.28. The second-order valence-corrected chi connectivity index (χ2v) is 5.03. The number of benzene rings is 2. The summed E-state index contributed by atoms with van der Waals surface area (Å²) < 4.78 is 4.64. The van der Waals surface area contributed by atoms with Gasteiger partial charge < -0.3 is 9.72 Å². The van der Waals surface area contributed by atoms with Gasteiger partial charge in [-0.2, -0.15) is 0 Å². The SMILES string of the molecule is COC(=O)c1ccc(-c2nc3c(Cl)cccc3c(=O)[nH]2)cc1. The van der Waals surface area contributed by atoms with Crippen LogP contribution in [0.4, 0.5) is 0 Å². The Bertz CT molecular complexity index is 917. The van der Waals surface area contributed by atoms with Gasteiger partial charge in [-0.05, 0) is 24.3 Å². The number of aromatic nitrogens is 2. The number of carbonyl (C=O) groups is 1. The molecule has 1 aromatic heterocycles. The molecule has 0 atom stereocenters. The summed E-state index contributed by atoms with van der Waals surface area (Å²) in [6, 6.07) is 11.6. The first-order valence-electron chi connectivity index (χ1n) is 6.47. The summed E-state index contributed by atoms with van der Waals surface area (Å²) >= 11 is 6.10. The number of methoxy groups -OCH3 is 1. The van der Waals surface area contributed by atoms with Crippen molar-refractivity contribution in [3.05, 3.63) is 63.4 Å². The van der Waals surface area contributed by atoms with Gasteiger partial charge in [0.25, 0.3) is 5.56 Å². The van der Waals surface area contributed by atoms with E-state index in [0.717, 1.165) is 0 Å². The van der Waals surface area contributed by atoms with Gasteiger partial charge in [0, 0.05) is 5.56 Å². The van der Waals surface area contributed by atoms with Crippen molar-refractivity contribution in [3.8, 4) is 11.4 Å². The van der Waals surface area contributed by atoms with Crippen LogP contribution in [0.1, 0.15) is 10.4 Å². The molecule has 5 nitrogen and oxygen atoms in total. The molecular formula is C16H11ClN2O3. The minimum absolute atomic E-state index is 0.264. The molecule has 0 aliphatic carbocycles. The number of ether oxygens (including phenoxy) is 1.